The standard InChI is InChI=1S/C21H32N2O4/c1-15(2)13-22(14-16(3)4)18-9-8-17(12-19(18)23(25)26)21(20(24)27-5)10-6-7-11-21/h8-9,12,15-16H,6-7,10-11,13-14H2,1-5H3. The molecule has 0 atom stereocenters. The van der Waals surface area contributed by atoms with Gasteiger partial charge in [0.15, 0.2) is 0 Å². The monoisotopic (exact) mass is 376 g/mol. The van der Waals surface area contributed by atoms with Crippen molar-refractivity contribution in [1.29, 1.82) is 0 Å². The molecule has 0 saturated heterocycles. The highest BCUT2D eigenvalue weighted by Crippen LogP contribution is 2.44. The van der Waals surface area contributed by atoms with Gasteiger partial charge in [0.05, 0.1) is 17.4 Å². The Bertz CT molecular complexity index is 669. The van der Waals surface area contributed by atoms with E-state index in [-0.39, 0.29) is 16.6 Å². The molecule has 1 aliphatic carbocycles. The van der Waals surface area contributed by atoms with Crippen molar-refractivity contribution in [2.24, 2.45) is 11.8 Å². The molecule has 0 bridgehead atoms. The number of benzene rings is 1. The number of rotatable bonds is 8. The van der Waals surface area contributed by atoms with Gasteiger partial charge in [0.25, 0.3) is 5.69 Å². The first-order valence-electron chi connectivity index (χ1n) is 9.83. The van der Waals surface area contributed by atoms with E-state index in [0.717, 1.165) is 25.9 Å². The van der Waals surface area contributed by atoms with Crippen molar-refractivity contribution in [2.75, 3.05) is 25.1 Å². The molecule has 0 heterocycles. The van der Waals surface area contributed by atoms with E-state index in [1.807, 2.05) is 12.1 Å². The van der Waals surface area contributed by atoms with Crippen molar-refractivity contribution in [3.63, 3.8) is 0 Å². The predicted molar refractivity (Wildman–Crippen MR) is 107 cm³/mol. The van der Waals surface area contributed by atoms with Crippen molar-refractivity contribution < 1.29 is 14.5 Å². The van der Waals surface area contributed by atoms with Gasteiger partial charge >= 0.3 is 5.97 Å². The van der Waals surface area contributed by atoms with Crippen LogP contribution in [0.2, 0.25) is 0 Å². The number of hydrogen-bond donors (Lipinski definition) is 0. The van der Waals surface area contributed by atoms with Gasteiger partial charge in [-0.05, 0) is 36.3 Å². The van der Waals surface area contributed by atoms with Crippen molar-refractivity contribution in [2.45, 2.75) is 58.8 Å². The summed E-state index contributed by atoms with van der Waals surface area (Å²) in [5.41, 5.74) is 0.656. The summed E-state index contributed by atoms with van der Waals surface area (Å²) in [4.78, 5) is 26.2. The third kappa shape index (κ3) is 4.60. The molecule has 0 amide bonds. The van der Waals surface area contributed by atoms with E-state index < -0.39 is 5.41 Å². The molecule has 0 unspecified atom stereocenters. The van der Waals surface area contributed by atoms with Gasteiger partial charge in [-0.1, -0.05) is 46.6 Å². The summed E-state index contributed by atoms with van der Waals surface area (Å²) in [7, 11) is 1.39. The highest BCUT2D eigenvalue weighted by atomic mass is 16.6. The summed E-state index contributed by atoms with van der Waals surface area (Å²) in [6.07, 6.45) is 3.21. The molecule has 2 rings (SSSR count). The summed E-state index contributed by atoms with van der Waals surface area (Å²) >= 11 is 0. The van der Waals surface area contributed by atoms with Gasteiger partial charge in [0, 0.05) is 19.2 Å². The van der Waals surface area contributed by atoms with E-state index in [1.165, 1.54) is 7.11 Å². The minimum absolute atomic E-state index is 0.0731. The molecular formula is C21H32N2O4. The summed E-state index contributed by atoms with van der Waals surface area (Å²) in [6, 6.07) is 5.31. The molecular weight excluding hydrogens is 344 g/mol. The topological polar surface area (TPSA) is 72.7 Å². The fourth-order valence-corrected chi connectivity index (χ4v) is 4.17. The maximum Gasteiger partial charge on any atom is 0.316 e. The Labute approximate surface area is 162 Å². The first kappa shape index (κ1) is 21.2. The number of esters is 1. The highest BCUT2D eigenvalue weighted by molar-refractivity contribution is 5.84. The van der Waals surface area contributed by atoms with Crippen molar-refractivity contribution in [3.8, 4) is 0 Å². The number of carbonyl (C=O) groups excluding carboxylic acids is 1. The number of hydrogen-bond acceptors (Lipinski definition) is 5. The van der Waals surface area contributed by atoms with Gasteiger partial charge in [-0.15, -0.1) is 0 Å². The Balaban J connectivity index is 2.52. The lowest BCUT2D eigenvalue weighted by molar-refractivity contribution is -0.384. The molecule has 1 aromatic rings. The van der Waals surface area contributed by atoms with Crippen LogP contribution in [0.3, 0.4) is 0 Å². The Hall–Kier alpha value is -2.11. The Morgan fingerprint density at radius 1 is 1.19 bits per heavy atom. The summed E-state index contributed by atoms with van der Waals surface area (Å²) in [6.45, 7) is 9.94. The zero-order chi connectivity index (χ0) is 20.2. The molecule has 0 aromatic heterocycles. The van der Waals surface area contributed by atoms with Gasteiger partial charge in [0.1, 0.15) is 5.69 Å². The Morgan fingerprint density at radius 3 is 2.19 bits per heavy atom. The molecule has 150 valence electrons. The number of nitrogens with zero attached hydrogens (tertiary/aromatic N) is 2. The minimum Gasteiger partial charge on any atom is -0.468 e. The zero-order valence-electron chi connectivity index (χ0n) is 17.2. The lowest BCUT2D eigenvalue weighted by Gasteiger charge is -2.30. The van der Waals surface area contributed by atoms with Crippen LogP contribution < -0.4 is 4.90 Å². The van der Waals surface area contributed by atoms with Crippen LogP contribution in [-0.2, 0) is 14.9 Å². The fraction of sp³-hybridized carbons (Fsp3) is 0.667. The second-order valence-electron chi connectivity index (χ2n) is 8.43. The van der Waals surface area contributed by atoms with E-state index in [4.69, 9.17) is 4.74 Å². The lowest BCUT2D eigenvalue weighted by Crippen LogP contribution is -2.35. The van der Waals surface area contributed by atoms with Crippen LogP contribution in [0.5, 0.6) is 0 Å². The summed E-state index contributed by atoms with van der Waals surface area (Å²) < 4.78 is 5.06. The third-order valence-electron chi connectivity index (χ3n) is 5.27. The highest BCUT2D eigenvalue weighted by Gasteiger charge is 2.44. The van der Waals surface area contributed by atoms with Gasteiger partial charge in [-0.3, -0.25) is 14.9 Å². The van der Waals surface area contributed by atoms with Crippen LogP contribution in [0.4, 0.5) is 11.4 Å². The maximum absolute atomic E-state index is 12.5. The zero-order valence-corrected chi connectivity index (χ0v) is 17.2. The Kier molecular flexibility index (Phi) is 6.84. The molecule has 0 aliphatic heterocycles. The molecule has 1 fully saturated rings. The second kappa shape index (κ2) is 8.72. The van der Waals surface area contributed by atoms with Crippen LogP contribution in [-0.4, -0.2) is 31.1 Å². The molecule has 1 aromatic carbocycles. The molecule has 6 nitrogen and oxygen atoms in total. The van der Waals surface area contributed by atoms with Crippen LogP contribution in [0.15, 0.2) is 18.2 Å². The van der Waals surface area contributed by atoms with Crippen LogP contribution in [0.1, 0.15) is 58.9 Å². The van der Waals surface area contributed by atoms with Crippen LogP contribution in [0, 0.1) is 22.0 Å². The van der Waals surface area contributed by atoms with E-state index >= 15 is 0 Å². The number of nitro benzene ring substituents is 1. The van der Waals surface area contributed by atoms with E-state index in [1.54, 1.807) is 6.07 Å². The number of anilines is 1. The molecule has 1 saturated carbocycles. The average molecular weight is 376 g/mol. The normalized spacial score (nSPS) is 16.0. The Morgan fingerprint density at radius 2 is 1.74 bits per heavy atom. The fourth-order valence-electron chi connectivity index (χ4n) is 4.17. The van der Waals surface area contributed by atoms with Crippen molar-refractivity contribution in [3.05, 3.63) is 33.9 Å². The predicted octanol–water partition coefficient (Wildman–Crippen LogP) is 4.70. The number of methoxy groups -OCH3 is 1. The van der Waals surface area contributed by atoms with E-state index in [0.29, 0.717) is 35.9 Å². The van der Waals surface area contributed by atoms with Gasteiger partial charge < -0.3 is 9.64 Å². The molecule has 0 spiro atoms. The molecule has 0 N–H and O–H groups in total. The van der Waals surface area contributed by atoms with Crippen LogP contribution >= 0.6 is 0 Å². The quantitative estimate of drug-likeness (QED) is 0.374. The van der Waals surface area contributed by atoms with Crippen molar-refractivity contribution >= 4 is 17.3 Å². The SMILES string of the molecule is COC(=O)C1(c2ccc(N(CC(C)C)CC(C)C)c([N+](=O)[O-])c2)CCCC1. The largest absolute Gasteiger partial charge is 0.468 e. The number of ether oxygens (including phenoxy) is 1. The number of nitro groups is 1. The minimum atomic E-state index is -0.751. The molecule has 1 aliphatic rings. The van der Waals surface area contributed by atoms with Gasteiger partial charge in [-0.2, -0.15) is 0 Å². The molecule has 0 radical (unpaired) electrons. The van der Waals surface area contributed by atoms with Crippen LogP contribution in [0.25, 0.3) is 0 Å². The average Bonchev–Trinajstić information content (AvgIpc) is 3.10. The van der Waals surface area contributed by atoms with Gasteiger partial charge in [0.2, 0.25) is 0 Å². The number of carbonyl (C=O) groups is 1. The van der Waals surface area contributed by atoms with Gasteiger partial charge in [-0.25, -0.2) is 0 Å². The summed E-state index contributed by atoms with van der Waals surface area (Å²) in [5, 5.41) is 11.9. The third-order valence-corrected chi connectivity index (χ3v) is 5.27. The lowest BCUT2D eigenvalue weighted by atomic mass is 9.78. The van der Waals surface area contributed by atoms with Crippen molar-refractivity contribution in [1.82, 2.24) is 0 Å². The molecule has 27 heavy (non-hydrogen) atoms. The van der Waals surface area contributed by atoms with E-state index in [9.17, 15) is 14.9 Å². The first-order valence-corrected chi connectivity index (χ1v) is 9.83. The second-order valence-corrected chi connectivity index (χ2v) is 8.43. The molecule has 6 heteroatoms. The maximum atomic E-state index is 12.5. The van der Waals surface area contributed by atoms with E-state index in [2.05, 4.69) is 32.6 Å². The first-order chi connectivity index (χ1) is 12.7. The summed E-state index contributed by atoms with van der Waals surface area (Å²) in [5.74, 6) is 0.488. The smallest absolute Gasteiger partial charge is 0.316 e.